The average Bonchev–Trinajstić information content (AvgIpc) is 2.79. The van der Waals surface area contributed by atoms with Crippen molar-refractivity contribution in [3.8, 4) is 5.75 Å². The molecule has 0 saturated carbocycles. The Kier molecular flexibility index (Phi) is 12.3. The Morgan fingerprint density at radius 1 is 0.861 bits per heavy atom. The van der Waals surface area contributed by atoms with E-state index in [0.717, 1.165) is 0 Å². The molecule has 0 aliphatic carbocycles. The second-order valence-corrected chi connectivity index (χ2v) is 8.74. The highest BCUT2D eigenvalue weighted by Gasteiger charge is 2.30. The van der Waals surface area contributed by atoms with Crippen LogP contribution in [-0.4, -0.2) is 80.9 Å². The minimum atomic E-state index is -1.47. The van der Waals surface area contributed by atoms with Gasteiger partial charge in [0.2, 0.25) is 17.7 Å². The van der Waals surface area contributed by atoms with Crippen molar-refractivity contribution in [1.82, 2.24) is 16.0 Å². The number of carboxylic acid groups (broad SMARTS) is 2. The van der Waals surface area contributed by atoms with Gasteiger partial charge in [-0.25, -0.2) is 4.79 Å². The highest BCUT2D eigenvalue weighted by Crippen LogP contribution is 2.12. The monoisotopic (exact) mass is 510 g/mol. The molecule has 13 heteroatoms. The summed E-state index contributed by atoms with van der Waals surface area (Å²) in [5.74, 6) is -5.19. The van der Waals surface area contributed by atoms with Gasteiger partial charge in [0.1, 0.15) is 23.9 Å². The van der Waals surface area contributed by atoms with Gasteiger partial charge in [0.25, 0.3) is 0 Å². The first-order chi connectivity index (χ1) is 16.8. The van der Waals surface area contributed by atoms with Gasteiger partial charge in [-0.1, -0.05) is 26.0 Å². The van der Waals surface area contributed by atoms with Gasteiger partial charge in [0.05, 0.1) is 12.6 Å². The maximum absolute atomic E-state index is 12.8. The van der Waals surface area contributed by atoms with Gasteiger partial charge in [-0.2, -0.15) is 0 Å². The Bertz CT molecular complexity index is 921. The molecule has 0 aliphatic rings. The van der Waals surface area contributed by atoms with Crippen LogP contribution in [0.4, 0.5) is 0 Å². The van der Waals surface area contributed by atoms with Gasteiger partial charge in [0.15, 0.2) is 0 Å². The summed E-state index contributed by atoms with van der Waals surface area (Å²) in [5.41, 5.74) is 6.28. The van der Waals surface area contributed by atoms with Crippen LogP contribution in [0, 0.1) is 5.92 Å². The summed E-state index contributed by atoms with van der Waals surface area (Å²) in [6.07, 6.45) is -0.724. The number of aliphatic hydroxyl groups is 1. The fourth-order valence-electron chi connectivity index (χ4n) is 3.24. The first-order valence-electron chi connectivity index (χ1n) is 11.3. The van der Waals surface area contributed by atoms with E-state index < -0.39 is 66.9 Å². The Labute approximate surface area is 208 Å². The molecule has 4 unspecified atom stereocenters. The molecule has 0 spiro atoms. The Hall–Kier alpha value is -3.71. The third kappa shape index (κ3) is 10.7. The lowest BCUT2D eigenvalue weighted by Crippen LogP contribution is -2.58. The summed E-state index contributed by atoms with van der Waals surface area (Å²) >= 11 is 0. The fourth-order valence-corrected chi connectivity index (χ4v) is 3.24. The van der Waals surface area contributed by atoms with Crippen LogP contribution in [0.5, 0.6) is 5.75 Å². The molecule has 0 bridgehead atoms. The van der Waals surface area contributed by atoms with Crippen LogP contribution < -0.4 is 21.7 Å². The molecule has 3 amide bonds. The van der Waals surface area contributed by atoms with Crippen molar-refractivity contribution in [2.45, 2.75) is 63.7 Å². The van der Waals surface area contributed by atoms with Crippen LogP contribution in [-0.2, 0) is 30.4 Å². The summed E-state index contributed by atoms with van der Waals surface area (Å²) in [6, 6.07) is 0.348. The van der Waals surface area contributed by atoms with Gasteiger partial charge < -0.3 is 42.1 Å². The third-order valence-corrected chi connectivity index (χ3v) is 5.15. The largest absolute Gasteiger partial charge is 0.508 e. The number of carboxylic acids is 2. The predicted octanol–water partition coefficient (Wildman–Crippen LogP) is -1.30. The van der Waals surface area contributed by atoms with Gasteiger partial charge in [-0.3, -0.25) is 19.2 Å². The van der Waals surface area contributed by atoms with Gasteiger partial charge in [-0.05, 0) is 36.5 Å². The van der Waals surface area contributed by atoms with Crippen molar-refractivity contribution < 1.29 is 44.4 Å². The highest BCUT2D eigenvalue weighted by molar-refractivity contribution is 5.94. The number of carbonyl (C=O) groups is 5. The smallest absolute Gasteiger partial charge is 0.326 e. The number of carbonyl (C=O) groups excluding carboxylic acids is 3. The first kappa shape index (κ1) is 30.3. The number of amides is 3. The van der Waals surface area contributed by atoms with Crippen LogP contribution >= 0.6 is 0 Å². The van der Waals surface area contributed by atoms with Crippen LogP contribution in [0.3, 0.4) is 0 Å². The molecular formula is C23H34N4O9. The number of benzene rings is 1. The zero-order valence-electron chi connectivity index (χ0n) is 20.1. The molecule has 1 aromatic carbocycles. The van der Waals surface area contributed by atoms with E-state index in [9.17, 15) is 39.3 Å². The Morgan fingerprint density at radius 3 is 1.89 bits per heavy atom. The molecule has 36 heavy (non-hydrogen) atoms. The van der Waals surface area contributed by atoms with Crippen molar-refractivity contribution in [3.63, 3.8) is 0 Å². The number of hydrogen-bond donors (Lipinski definition) is 8. The standard InChI is InChI=1S/C23H34N4O9/c1-12(2)9-15(24)20(32)27-18(11-28)22(34)25-16(7-8-19(30)31)21(33)26-17(23(35)36)10-13-3-5-14(29)6-4-13/h3-6,12,15-18,28-29H,7-11,24H2,1-2H3,(H,25,34)(H,26,33)(H,27,32)(H,30,31)(H,35,36). The summed E-state index contributed by atoms with van der Waals surface area (Å²) < 4.78 is 0. The molecule has 1 aromatic rings. The van der Waals surface area contributed by atoms with E-state index in [0.29, 0.717) is 12.0 Å². The Balaban J connectivity index is 2.95. The number of phenols is 1. The number of hydrogen-bond acceptors (Lipinski definition) is 8. The van der Waals surface area contributed by atoms with Crippen molar-refractivity contribution in [3.05, 3.63) is 29.8 Å². The minimum absolute atomic E-state index is 0.0261. The molecule has 0 aromatic heterocycles. The zero-order chi connectivity index (χ0) is 27.4. The molecular weight excluding hydrogens is 476 g/mol. The molecule has 0 heterocycles. The molecule has 0 fully saturated rings. The third-order valence-electron chi connectivity index (χ3n) is 5.15. The zero-order valence-corrected chi connectivity index (χ0v) is 20.1. The average molecular weight is 511 g/mol. The number of nitrogens with two attached hydrogens (primary N) is 1. The topological polar surface area (TPSA) is 228 Å². The highest BCUT2D eigenvalue weighted by atomic mass is 16.4. The fraction of sp³-hybridized carbons (Fsp3) is 0.522. The first-order valence-corrected chi connectivity index (χ1v) is 11.3. The lowest BCUT2D eigenvalue weighted by molar-refractivity contribution is -0.143. The number of rotatable bonds is 15. The van der Waals surface area contributed by atoms with E-state index in [1.54, 1.807) is 0 Å². The predicted molar refractivity (Wildman–Crippen MR) is 127 cm³/mol. The van der Waals surface area contributed by atoms with Gasteiger partial charge in [-0.15, -0.1) is 0 Å². The van der Waals surface area contributed by atoms with Gasteiger partial charge in [0, 0.05) is 12.8 Å². The SMILES string of the molecule is CC(C)CC(N)C(=O)NC(CO)C(=O)NC(CCC(=O)O)C(=O)NC(Cc1ccc(O)cc1)C(=O)O. The second kappa shape index (κ2) is 14.6. The van der Waals surface area contributed by atoms with Crippen molar-refractivity contribution >= 4 is 29.7 Å². The van der Waals surface area contributed by atoms with E-state index in [2.05, 4.69) is 16.0 Å². The quantitative estimate of drug-likeness (QED) is 0.139. The normalized spacial score (nSPS) is 14.2. The van der Waals surface area contributed by atoms with E-state index in [1.807, 2.05) is 13.8 Å². The molecule has 13 nitrogen and oxygen atoms in total. The number of phenolic OH excluding ortho intramolecular Hbond substituents is 1. The number of nitrogens with one attached hydrogen (secondary N) is 3. The number of aromatic hydroxyl groups is 1. The maximum Gasteiger partial charge on any atom is 0.326 e. The van der Waals surface area contributed by atoms with Crippen LogP contribution in [0.1, 0.15) is 38.7 Å². The molecule has 0 radical (unpaired) electrons. The summed E-state index contributed by atoms with van der Waals surface area (Å²) in [6.45, 7) is 2.88. The van der Waals surface area contributed by atoms with E-state index in [4.69, 9.17) is 10.8 Å². The number of aliphatic hydroxyl groups excluding tert-OH is 1. The van der Waals surface area contributed by atoms with E-state index in [1.165, 1.54) is 24.3 Å². The lowest BCUT2D eigenvalue weighted by atomic mass is 10.0. The number of aliphatic carboxylic acids is 2. The maximum atomic E-state index is 12.8. The van der Waals surface area contributed by atoms with E-state index >= 15 is 0 Å². The second-order valence-electron chi connectivity index (χ2n) is 8.74. The molecule has 0 aliphatic heterocycles. The van der Waals surface area contributed by atoms with Gasteiger partial charge >= 0.3 is 11.9 Å². The van der Waals surface area contributed by atoms with Crippen molar-refractivity contribution in [1.29, 1.82) is 0 Å². The Morgan fingerprint density at radius 2 is 1.39 bits per heavy atom. The van der Waals surface area contributed by atoms with E-state index in [-0.39, 0.29) is 24.5 Å². The van der Waals surface area contributed by atoms with Crippen molar-refractivity contribution in [2.75, 3.05) is 6.61 Å². The van der Waals surface area contributed by atoms with Crippen molar-refractivity contribution in [2.24, 2.45) is 11.7 Å². The lowest BCUT2D eigenvalue weighted by Gasteiger charge is -2.24. The summed E-state index contributed by atoms with van der Waals surface area (Å²) in [4.78, 5) is 60.5. The van der Waals surface area contributed by atoms with Crippen LogP contribution in [0.2, 0.25) is 0 Å². The molecule has 9 N–H and O–H groups in total. The summed E-state index contributed by atoms with van der Waals surface area (Å²) in [5, 5.41) is 44.3. The van der Waals surface area contributed by atoms with Crippen LogP contribution in [0.15, 0.2) is 24.3 Å². The summed E-state index contributed by atoms with van der Waals surface area (Å²) in [7, 11) is 0. The molecule has 200 valence electrons. The molecule has 1 rings (SSSR count). The van der Waals surface area contributed by atoms with Crippen LogP contribution in [0.25, 0.3) is 0 Å². The minimum Gasteiger partial charge on any atom is -0.508 e. The molecule has 0 saturated heterocycles. The molecule has 4 atom stereocenters.